The molecule has 0 saturated carbocycles. The van der Waals surface area contributed by atoms with E-state index in [1.165, 1.54) is 25.3 Å². The predicted octanol–water partition coefficient (Wildman–Crippen LogP) is 1.94. The minimum Gasteiger partial charge on any atom is -0.383 e. The summed E-state index contributed by atoms with van der Waals surface area (Å²) in [5.41, 5.74) is 1.29. The van der Waals surface area contributed by atoms with Crippen molar-refractivity contribution in [2.75, 3.05) is 32.1 Å². The lowest BCUT2D eigenvalue weighted by Gasteiger charge is -2.11. The van der Waals surface area contributed by atoms with Gasteiger partial charge in [-0.1, -0.05) is 17.7 Å². The summed E-state index contributed by atoms with van der Waals surface area (Å²) in [6.07, 6.45) is 0. The van der Waals surface area contributed by atoms with E-state index in [1.54, 1.807) is 31.2 Å². The first-order valence-electron chi connectivity index (χ1n) is 8.66. The molecule has 0 bridgehead atoms. The van der Waals surface area contributed by atoms with E-state index in [0.29, 0.717) is 16.3 Å². The van der Waals surface area contributed by atoms with Crippen LogP contribution < -0.4 is 15.4 Å². The number of sulfonamides is 1. The smallest absolute Gasteiger partial charge is 0.252 e. The quantitative estimate of drug-likeness (QED) is 0.517. The Morgan fingerprint density at radius 2 is 1.79 bits per heavy atom. The van der Waals surface area contributed by atoms with Crippen LogP contribution >= 0.6 is 11.6 Å². The normalized spacial score (nSPS) is 11.1. The number of methoxy groups -OCH3 is 1. The lowest BCUT2D eigenvalue weighted by Crippen LogP contribution is -2.33. The molecule has 29 heavy (non-hydrogen) atoms. The van der Waals surface area contributed by atoms with Gasteiger partial charge in [0.1, 0.15) is 0 Å². The number of amides is 2. The van der Waals surface area contributed by atoms with E-state index in [9.17, 15) is 18.0 Å². The summed E-state index contributed by atoms with van der Waals surface area (Å²) < 4.78 is 31.8. The number of aryl methyl sites for hydroxylation is 1. The van der Waals surface area contributed by atoms with E-state index in [2.05, 4.69) is 15.4 Å². The van der Waals surface area contributed by atoms with E-state index in [4.69, 9.17) is 16.3 Å². The molecule has 0 aromatic heterocycles. The molecule has 2 aromatic rings. The Labute approximate surface area is 174 Å². The van der Waals surface area contributed by atoms with Gasteiger partial charge in [-0.25, -0.2) is 13.1 Å². The molecule has 0 saturated heterocycles. The molecule has 3 N–H and O–H groups in total. The summed E-state index contributed by atoms with van der Waals surface area (Å²) >= 11 is 5.79. The topological polar surface area (TPSA) is 114 Å². The van der Waals surface area contributed by atoms with Crippen molar-refractivity contribution in [3.8, 4) is 0 Å². The van der Waals surface area contributed by atoms with E-state index in [-0.39, 0.29) is 30.2 Å². The zero-order valence-corrected chi connectivity index (χ0v) is 17.6. The van der Waals surface area contributed by atoms with Gasteiger partial charge in [-0.15, -0.1) is 0 Å². The van der Waals surface area contributed by atoms with Crippen LogP contribution in [0, 0.1) is 6.92 Å². The van der Waals surface area contributed by atoms with Crippen molar-refractivity contribution < 1.29 is 22.7 Å². The minimum atomic E-state index is -3.78. The Bertz CT molecular complexity index is 978. The summed E-state index contributed by atoms with van der Waals surface area (Å²) in [4.78, 5) is 24.4. The van der Waals surface area contributed by atoms with Gasteiger partial charge < -0.3 is 15.4 Å². The van der Waals surface area contributed by atoms with Gasteiger partial charge in [-0.05, 0) is 48.9 Å². The second-order valence-electron chi connectivity index (χ2n) is 6.11. The summed E-state index contributed by atoms with van der Waals surface area (Å²) in [5.74, 6) is -0.981. The fourth-order valence-corrected chi connectivity index (χ4v) is 3.53. The maximum atomic E-state index is 12.5. The first-order valence-corrected chi connectivity index (χ1v) is 10.5. The number of nitrogens with one attached hydrogen (secondary N) is 3. The van der Waals surface area contributed by atoms with Gasteiger partial charge in [0.15, 0.2) is 0 Å². The fourth-order valence-electron chi connectivity index (χ4n) is 2.37. The number of anilines is 1. The van der Waals surface area contributed by atoms with Crippen LogP contribution in [0.25, 0.3) is 0 Å². The Morgan fingerprint density at radius 3 is 2.45 bits per heavy atom. The van der Waals surface area contributed by atoms with E-state index in [1.807, 2.05) is 0 Å². The largest absolute Gasteiger partial charge is 0.383 e. The molecule has 0 spiro atoms. The predicted molar refractivity (Wildman–Crippen MR) is 111 cm³/mol. The van der Waals surface area contributed by atoms with Crippen LogP contribution in [0.1, 0.15) is 15.9 Å². The molecular weight excluding hydrogens is 418 g/mol. The van der Waals surface area contributed by atoms with Gasteiger partial charge in [0.05, 0.1) is 18.0 Å². The Balaban J connectivity index is 2.02. The van der Waals surface area contributed by atoms with Gasteiger partial charge in [-0.2, -0.15) is 0 Å². The molecule has 0 aliphatic carbocycles. The Hall–Kier alpha value is -2.46. The molecule has 0 aliphatic heterocycles. The maximum absolute atomic E-state index is 12.5. The molecule has 2 aromatic carbocycles. The highest BCUT2D eigenvalue weighted by molar-refractivity contribution is 7.89. The Morgan fingerprint density at radius 1 is 1.10 bits per heavy atom. The molecule has 156 valence electrons. The number of benzene rings is 2. The molecule has 0 fully saturated rings. The number of hydrogen-bond acceptors (Lipinski definition) is 5. The highest BCUT2D eigenvalue weighted by Gasteiger charge is 2.18. The van der Waals surface area contributed by atoms with Crippen LogP contribution in [0.3, 0.4) is 0 Å². The van der Waals surface area contributed by atoms with Crippen LogP contribution in [0.4, 0.5) is 5.69 Å². The highest BCUT2D eigenvalue weighted by atomic mass is 35.5. The van der Waals surface area contributed by atoms with Crippen LogP contribution in [0.2, 0.25) is 5.02 Å². The number of ether oxygens (including phenoxy) is 1. The number of halogens is 1. The molecule has 2 rings (SSSR count). The van der Waals surface area contributed by atoms with Crippen molar-refractivity contribution in [2.24, 2.45) is 0 Å². The molecule has 0 radical (unpaired) electrons. The summed E-state index contributed by atoms with van der Waals surface area (Å²) in [5, 5.41) is 5.65. The standard InChI is InChI=1S/C19H22ClN3O5S/c1-13-3-8-16(29(26,27)22-9-10-28-2)11-17(13)19(25)21-12-18(24)23-15-6-4-14(20)5-7-15/h3-8,11,22H,9-10,12H2,1-2H3,(H,21,25)(H,23,24). The van der Waals surface area contributed by atoms with E-state index in [0.717, 1.165) is 0 Å². The number of carbonyl (C=O) groups is 2. The maximum Gasteiger partial charge on any atom is 0.252 e. The zero-order valence-electron chi connectivity index (χ0n) is 16.0. The fraction of sp³-hybridized carbons (Fsp3) is 0.263. The van der Waals surface area contributed by atoms with Crippen molar-refractivity contribution in [2.45, 2.75) is 11.8 Å². The monoisotopic (exact) mass is 439 g/mol. The van der Waals surface area contributed by atoms with Gasteiger partial charge in [0, 0.05) is 29.9 Å². The van der Waals surface area contributed by atoms with Crippen LogP contribution in [-0.4, -0.2) is 47.0 Å². The molecule has 10 heteroatoms. The van der Waals surface area contributed by atoms with Crippen LogP contribution in [0.5, 0.6) is 0 Å². The first-order chi connectivity index (χ1) is 13.7. The Kier molecular flexibility index (Phi) is 8.15. The van der Waals surface area contributed by atoms with Crippen LogP contribution in [-0.2, 0) is 19.6 Å². The lowest BCUT2D eigenvalue weighted by atomic mass is 10.1. The number of hydrogen-bond donors (Lipinski definition) is 3. The van der Waals surface area contributed by atoms with Crippen molar-refractivity contribution in [1.29, 1.82) is 0 Å². The van der Waals surface area contributed by atoms with E-state index < -0.39 is 21.8 Å². The highest BCUT2D eigenvalue weighted by Crippen LogP contribution is 2.16. The second kappa shape index (κ2) is 10.4. The van der Waals surface area contributed by atoms with Crippen molar-refractivity contribution in [1.82, 2.24) is 10.0 Å². The van der Waals surface area contributed by atoms with Crippen molar-refractivity contribution >= 4 is 39.1 Å². The van der Waals surface area contributed by atoms with Gasteiger partial charge in [0.2, 0.25) is 15.9 Å². The van der Waals surface area contributed by atoms with Gasteiger partial charge in [0.25, 0.3) is 5.91 Å². The third-order valence-electron chi connectivity index (χ3n) is 3.90. The molecular formula is C19H22ClN3O5S. The molecule has 0 heterocycles. The van der Waals surface area contributed by atoms with Crippen molar-refractivity contribution in [3.63, 3.8) is 0 Å². The van der Waals surface area contributed by atoms with Gasteiger partial charge in [-0.3, -0.25) is 9.59 Å². The van der Waals surface area contributed by atoms with Crippen molar-refractivity contribution in [3.05, 3.63) is 58.6 Å². The second-order valence-corrected chi connectivity index (χ2v) is 8.31. The molecule has 0 unspecified atom stereocenters. The summed E-state index contributed by atoms with van der Waals surface area (Å²) in [6.45, 7) is 1.74. The third kappa shape index (κ3) is 6.82. The molecule has 0 aliphatic rings. The van der Waals surface area contributed by atoms with Crippen LogP contribution in [0.15, 0.2) is 47.4 Å². The molecule has 0 atom stereocenters. The average molecular weight is 440 g/mol. The summed E-state index contributed by atoms with van der Waals surface area (Å²) in [7, 11) is -2.32. The summed E-state index contributed by atoms with van der Waals surface area (Å²) in [6, 6.07) is 10.8. The molecule has 8 nitrogen and oxygen atoms in total. The number of rotatable bonds is 9. The molecule has 2 amide bonds. The first kappa shape index (κ1) is 22.8. The lowest BCUT2D eigenvalue weighted by molar-refractivity contribution is -0.115. The SMILES string of the molecule is COCCNS(=O)(=O)c1ccc(C)c(C(=O)NCC(=O)Nc2ccc(Cl)cc2)c1. The van der Waals surface area contributed by atoms with E-state index >= 15 is 0 Å². The third-order valence-corrected chi connectivity index (χ3v) is 5.61. The average Bonchev–Trinajstić information content (AvgIpc) is 2.68. The number of carbonyl (C=O) groups excluding carboxylic acids is 2. The zero-order chi connectivity index (χ0) is 21.4. The minimum absolute atomic E-state index is 0.0463. The van der Waals surface area contributed by atoms with Gasteiger partial charge >= 0.3 is 0 Å².